The summed E-state index contributed by atoms with van der Waals surface area (Å²) in [6, 6.07) is 0.588. The molecular weight excluding hydrogens is 301 g/mol. The molecule has 1 rings (SSSR count). The Labute approximate surface area is 95.2 Å². The lowest BCUT2D eigenvalue weighted by Gasteiger charge is -2.13. The molecule has 90 valence electrons. The predicted molar refractivity (Wildman–Crippen MR) is 47.8 cm³/mol. The van der Waals surface area contributed by atoms with Crippen molar-refractivity contribution in [3.05, 3.63) is 27.5 Å². The Morgan fingerprint density at radius 3 is 2.31 bits per heavy atom. The maximum atomic E-state index is 12.4. The maximum absolute atomic E-state index is 12.4. The summed E-state index contributed by atoms with van der Waals surface area (Å²) in [4.78, 5) is 2.99. The quantitative estimate of drug-likeness (QED) is 0.672. The molecule has 0 amide bonds. The molecule has 0 bridgehead atoms. The Hall–Kier alpha value is -0.760. The third-order valence-corrected chi connectivity index (χ3v) is 2.44. The molecular formula is C8H5BrF5NO. The van der Waals surface area contributed by atoms with Crippen molar-refractivity contribution in [2.75, 3.05) is 0 Å². The van der Waals surface area contributed by atoms with E-state index in [1.54, 1.807) is 0 Å². The fourth-order valence-electron chi connectivity index (χ4n) is 1.05. The first-order valence-corrected chi connectivity index (χ1v) is 4.72. The molecule has 8 heteroatoms. The van der Waals surface area contributed by atoms with E-state index in [1.807, 2.05) is 0 Å². The summed E-state index contributed by atoms with van der Waals surface area (Å²) in [5.41, 5.74) is -3.00. The van der Waals surface area contributed by atoms with Gasteiger partial charge in [-0.25, -0.2) is 13.8 Å². The van der Waals surface area contributed by atoms with Crippen LogP contribution in [-0.2, 0) is 12.8 Å². The highest BCUT2D eigenvalue weighted by atomic mass is 79.9. The molecule has 0 unspecified atom stereocenters. The molecule has 0 atom stereocenters. The molecule has 0 fully saturated rings. The van der Waals surface area contributed by atoms with Crippen molar-refractivity contribution in [2.24, 2.45) is 0 Å². The van der Waals surface area contributed by atoms with E-state index in [-0.39, 0.29) is 10.2 Å². The van der Waals surface area contributed by atoms with Gasteiger partial charge in [-0.3, -0.25) is 0 Å². The van der Waals surface area contributed by atoms with Crippen molar-refractivity contribution >= 4 is 15.9 Å². The van der Waals surface area contributed by atoms with Crippen molar-refractivity contribution in [2.45, 2.75) is 19.2 Å². The Bertz CT molecular complexity index is 393. The minimum absolute atomic E-state index is 0.122. The average Bonchev–Trinajstić information content (AvgIpc) is 2.15. The minimum atomic E-state index is -4.96. The van der Waals surface area contributed by atoms with Crippen LogP contribution in [0.2, 0.25) is 0 Å². The van der Waals surface area contributed by atoms with Crippen LogP contribution >= 0.6 is 15.9 Å². The van der Waals surface area contributed by atoms with Crippen molar-refractivity contribution in [3.8, 4) is 0 Å². The van der Waals surface area contributed by atoms with Gasteiger partial charge in [0, 0.05) is 11.1 Å². The Morgan fingerprint density at radius 2 is 1.94 bits per heavy atom. The summed E-state index contributed by atoms with van der Waals surface area (Å²) >= 11 is 2.67. The highest BCUT2D eigenvalue weighted by Crippen LogP contribution is 2.36. The second-order valence-corrected chi connectivity index (χ2v) is 3.58. The Kier molecular flexibility index (Phi) is 3.84. The number of aliphatic hydroxyl groups is 1. The summed E-state index contributed by atoms with van der Waals surface area (Å²) in [5, 5.41) is 8.72. The number of alkyl halides is 5. The van der Waals surface area contributed by atoms with E-state index < -0.39 is 30.5 Å². The molecule has 0 aliphatic carbocycles. The third kappa shape index (κ3) is 2.67. The zero-order valence-corrected chi connectivity index (χ0v) is 9.11. The molecule has 1 aromatic rings. The Balaban J connectivity index is 3.42. The van der Waals surface area contributed by atoms with Gasteiger partial charge < -0.3 is 5.11 Å². The number of nitrogens with zero attached hydrogens (tertiary/aromatic N) is 1. The first-order valence-electron chi connectivity index (χ1n) is 3.93. The fraction of sp³-hybridized carbons (Fsp3) is 0.375. The lowest BCUT2D eigenvalue weighted by molar-refractivity contribution is -0.143. The molecule has 1 aromatic heterocycles. The van der Waals surface area contributed by atoms with Crippen LogP contribution in [0, 0.1) is 0 Å². The van der Waals surface area contributed by atoms with Gasteiger partial charge in [0.2, 0.25) is 0 Å². The topological polar surface area (TPSA) is 33.1 Å². The van der Waals surface area contributed by atoms with E-state index >= 15 is 0 Å². The smallest absolute Gasteiger partial charge is 0.392 e. The van der Waals surface area contributed by atoms with E-state index in [0.29, 0.717) is 6.07 Å². The van der Waals surface area contributed by atoms with E-state index in [9.17, 15) is 22.0 Å². The normalized spacial score (nSPS) is 12.2. The van der Waals surface area contributed by atoms with Gasteiger partial charge in [0.05, 0.1) is 6.61 Å². The van der Waals surface area contributed by atoms with Gasteiger partial charge >= 0.3 is 6.18 Å². The first-order chi connectivity index (χ1) is 7.27. The maximum Gasteiger partial charge on any atom is 0.433 e. The second kappa shape index (κ2) is 4.62. The molecule has 0 aromatic carbocycles. The van der Waals surface area contributed by atoms with Crippen LogP contribution in [-0.4, -0.2) is 10.1 Å². The standard InChI is InChI=1S/C8H5BrF5NO/c9-6-3(2-16)1-4(7(10)11)5(15-6)8(12,13)14/h1,7,16H,2H2. The number of rotatable bonds is 2. The lowest BCUT2D eigenvalue weighted by Crippen LogP contribution is -2.14. The van der Waals surface area contributed by atoms with Crippen molar-refractivity contribution in [1.82, 2.24) is 4.98 Å². The SMILES string of the molecule is OCc1cc(C(F)F)c(C(F)(F)F)nc1Br. The number of aliphatic hydroxyl groups excluding tert-OH is 1. The summed E-state index contributed by atoms with van der Waals surface area (Å²) in [7, 11) is 0. The van der Waals surface area contributed by atoms with Crippen LogP contribution < -0.4 is 0 Å². The van der Waals surface area contributed by atoms with Gasteiger partial charge in [-0.2, -0.15) is 13.2 Å². The average molecular weight is 306 g/mol. The van der Waals surface area contributed by atoms with Crippen LogP contribution in [0.5, 0.6) is 0 Å². The molecule has 0 aliphatic rings. The van der Waals surface area contributed by atoms with Crippen LogP contribution in [0.1, 0.15) is 23.2 Å². The zero-order chi connectivity index (χ0) is 12.5. The van der Waals surface area contributed by atoms with E-state index in [4.69, 9.17) is 5.11 Å². The lowest BCUT2D eigenvalue weighted by atomic mass is 10.1. The van der Waals surface area contributed by atoms with Crippen molar-refractivity contribution in [3.63, 3.8) is 0 Å². The molecule has 0 saturated heterocycles. The molecule has 0 saturated carbocycles. The molecule has 0 spiro atoms. The van der Waals surface area contributed by atoms with E-state index in [2.05, 4.69) is 20.9 Å². The summed E-state index contributed by atoms with van der Waals surface area (Å²) in [6.07, 6.45) is -8.26. The van der Waals surface area contributed by atoms with Crippen LogP contribution in [0.4, 0.5) is 22.0 Å². The number of aromatic nitrogens is 1. The zero-order valence-electron chi connectivity index (χ0n) is 7.52. The first kappa shape index (κ1) is 13.3. The van der Waals surface area contributed by atoms with Gasteiger partial charge in [-0.15, -0.1) is 0 Å². The van der Waals surface area contributed by atoms with Gasteiger partial charge in [0.25, 0.3) is 6.43 Å². The number of halogens is 6. The molecule has 2 nitrogen and oxygen atoms in total. The molecule has 0 aliphatic heterocycles. The van der Waals surface area contributed by atoms with Gasteiger partial charge in [0.15, 0.2) is 5.69 Å². The number of pyridine rings is 1. The van der Waals surface area contributed by atoms with Gasteiger partial charge in [-0.05, 0) is 22.0 Å². The highest BCUT2D eigenvalue weighted by Gasteiger charge is 2.38. The van der Waals surface area contributed by atoms with E-state index in [1.165, 1.54) is 0 Å². The van der Waals surface area contributed by atoms with Crippen LogP contribution in [0.3, 0.4) is 0 Å². The Morgan fingerprint density at radius 1 is 1.38 bits per heavy atom. The largest absolute Gasteiger partial charge is 0.433 e. The summed E-state index contributed by atoms with van der Waals surface area (Å²) in [6.45, 7) is -0.675. The molecule has 0 radical (unpaired) electrons. The molecule has 16 heavy (non-hydrogen) atoms. The third-order valence-electron chi connectivity index (χ3n) is 1.75. The second-order valence-electron chi connectivity index (χ2n) is 2.83. The number of hydrogen-bond donors (Lipinski definition) is 1. The van der Waals surface area contributed by atoms with Crippen molar-refractivity contribution in [1.29, 1.82) is 0 Å². The fourth-order valence-corrected chi connectivity index (χ4v) is 1.47. The summed E-state index contributed by atoms with van der Waals surface area (Å²) in [5.74, 6) is 0. The molecule has 1 N–H and O–H groups in total. The van der Waals surface area contributed by atoms with Crippen molar-refractivity contribution < 1.29 is 27.1 Å². The molecule has 1 heterocycles. The van der Waals surface area contributed by atoms with Crippen LogP contribution in [0.25, 0.3) is 0 Å². The van der Waals surface area contributed by atoms with Gasteiger partial charge in [0.1, 0.15) is 4.60 Å². The summed E-state index contributed by atoms with van der Waals surface area (Å²) < 4.78 is 61.5. The minimum Gasteiger partial charge on any atom is -0.392 e. The van der Waals surface area contributed by atoms with Gasteiger partial charge in [-0.1, -0.05) is 0 Å². The monoisotopic (exact) mass is 305 g/mol. The highest BCUT2D eigenvalue weighted by molar-refractivity contribution is 9.10. The van der Waals surface area contributed by atoms with Crippen LogP contribution in [0.15, 0.2) is 10.7 Å². The number of hydrogen-bond acceptors (Lipinski definition) is 2. The van der Waals surface area contributed by atoms with E-state index in [0.717, 1.165) is 0 Å². The predicted octanol–water partition coefficient (Wildman–Crippen LogP) is 3.29.